The number of likely N-dealkylation sites (tertiary alicyclic amines) is 1. The average molecular weight is 399 g/mol. The molecule has 0 aliphatic carbocycles. The Bertz CT molecular complexity index is 1040. The Kier molecular flexibility index (Phi) is 5.13. The van der Waals surface area contributed by atoms with Crippen LogP contribution < -0.4 is 5.32 Å². The van der Waals surface area contributed by atoms with Gasteiger partial charge >= 0.3 is 6.18 Å². The third-order valence-electron chi connectivity index (χ3n) is 5.05. The lowest BCUT2D eigenvalue weighted by molar-refractivity contribution is -0.137. The number of pyridine rings is 1. The normalized spacial score (nSPS) is 14.8. The molecule has 1 saturated heterocycles. The summed E-state index contributed by atoms with van der Waals surface area (Å²) in [4.78, 5) is 19.4. The van der Waals surface area contributed by atoms with Gasteiger partial charge in [0.05, 0.1) is 16.6 Å². The van der Waals surface area contributed by atoms with Crippen molar-refractivity contribution in [1.29, 1.82) is 0 Å². The number of halogens is 3. The van der Waals surface area contributed by atoms with Gasteiger partial charge in [0.1, 0.15) is 5.82 Å². The standard InChI is InChI=1S/C22H20F3N3O/c23-22(24,25)15-7-6-8-16(13-15)26-20-14-18(17-9-2-3-10-19(17)27-20)21(29)28-11-4-1-5-12-28/h2-3,6-10,13-14H,1,4-5,11-12H2,(H,26,27). The van der Waals surface area contributed by atoms with Crippen LogP contribution in [-0.4, -0.2) is 28.9 Å². The van der Waals surface area contributed by atoms with E-state index in [4.69, 9.17) is 0 Å². The number of aromatic nitrogens is 1. The van der Waals surface area contributed by atoms with E-state index in [2.05, 4.69) is 10.3 Å². The van der Waals surface area contributed by atoms with Crippen LogP contribution in [0, 0.1) is 0 Å². The highest BCUT2D eigenvalue weighted by Crippen LogP contribution is 2.32. The predicted octanol–water partition coefficient (Wildman–Crippen LogP) is 5.62. The molecule has 1 aromatic heterocycles. The summed E-state index contributed by atoms with van der Waals surface area (Å²) in [5, 5.41) is 3.66. The number of amides is 1. The van der Waals surface area contributed by atoms with Crippen LogP contribution in [0.15, 0.2) is 54.6 Å². The van der Waals surface area contributed by atoms with Crippen molar-refractivity contribution in [3.63, 3.8) is 0 Å². The third kappa shape index (κ3) is 4.18. The van der Waals surface area contributed by atoms with Gasteiger partial charge in [0.25, 0.3) is 5.91 Å². The summed E-state index contributed by atoms with van der Waals surface area (Å²) in [5.74, 6) is 0.263. The fourth-order valence-electron chi connectivity index (χ4n) is 3.60. The first kappa shape index (κ1) is 19.2. The third-order valence-corrected chi connectivity index (χ3v) is 5.05. The molecule has 4 nitrogen and oxygen atoms in total. The number of alkyl halides is 3. The number of carbonyl (C=O) groups excluding carboxylic acids is 1. The topological polar surface area (TPSA) is 45.2 Å². The van der Waals surface area contributed by atoms with Gasteiger partial charge in [-0.25, -0.2) is 4.98 Å². The van der Waals surface area contributed by atoms with Gasteiger partial charge in [0.2, 0.25) is 0 Å². The molecule has 3 aromatic rings. The highest BCUT2D eigenvalue weighted by molar-refractivity contribution is 6.07. The molecule has 1 aliphatic rings. The number of rotatable bonds is 3. The van der Waals surface area contributed by atoms with Crippen LogP contribution in [0.5, 0.6) is 0 Å². The molecule has 150 valence electrons. The first-order valence-corrected chi connectivity index (χ1v) is 9.55. The summed E-state index contributed by atoms with van der Waals surface area (Å²) >= 11 is 0. The van der Waals surface area contributed by atoms with Crippen LogP contribution in [0.3, 0.4) is 0 Å². The molecule has 0 unspecified atom stereocenters. The van der Waals surface area contributed by atoms with Gasteiger partial charge < -0.3 is 10.2 Å². The molecule has 2 heterocycles. The summed E-state index contributed by atoms with van der Waals surface area (Å²) in [6, 6.07) is 13.8. The van der Waals surface area contributed by atoms with E-state index in [0.717, 1.165) is 36.8 Å². The van der Waals surface area contributed by atoms with E-state index in [1.807, 2.05) is 23.1 Å². The van der Waals surface area contributed by atoms with Crippen molar-refractivity contribution in [2.24, 2.45) is 0 Å². The van der Waals surface area contributed by atoms with Gasteiger partial charge in [-0.05, 0) is 49.6 Å². The van der Waals surface area contributed by atoms with Crippen LogP contribution in [0.25, 0.3) is 10.9 Å². The van der Waals surface area contributed by atoms with Crippen molar-refractivity contribution in [2.75, 3.05) is 18.4 Å². The zero-order chi connectivity index (χ0) is 20.4. The minimum absolute atomic E-state index is 0.0737. The van der Waals surface area contributed by atoms with Crippen molar-refractivity contribution in [3.8, 4) is 0 Å². The number of anilines is 2. The van der Waals surface area contributed by atoms with Crippen molar-refractivity contribution in [1.82, 2.24) is 9.88 Å². The maximum Gasteiger partial charge on any atom is 0.416 e. The minimum Gasteiger partial charge on any atom is -0.340 e. The van der Waals surface area contributed by atoms with E-state index in [9.17, 15) is 18.0 Å². The van der Waals surface area contributed by atoms with E-state index < -0.39 is 11.7 Å². The molecule has 0 radical (unpaired) electrons. The molecule has 1 fully saturated rings. The zero-order valence-corrected chi connectivity index (χ0v) is 15.7. The van der Waals surface area contributed by atoms with Gasteiger partial charge in [-0.1, -0.05) is 24.3 Å². The average Bonchev–Trinajstić information content (AvgIpc) is 2.73. The van der Waals surface area contributed by atoms with Crippen LogP contribution >= 0.6 is 0 Å². The number of nitrogens with one attached hydrogen (secondary N) is 1. The van der Waals surface area contributed by atoms with Crippen molar-refractivity contribution in [2.45, 2.75) is 25.4 Å². The summed E-state index contributed by atoms with van der Waals surface area (Å²) in [5.41, 5.74) is 0.642. The number of fused-ring (bicyclic) bond motifs is 1. The number of para-hydroxylation sites is 1. The highest BCUT2D eigenvalue weighted by atomic mass is 19.4. The van der Waals surface area contributed by atoms with Crippen LogP contribution in [0.1, 0.15) is 35.2 Å². The molecule has 0 spiro atoms. The zero-order valence-electron chi connectivity index (χ0n) is 15.7. The maximum atomic E-state index is 13.1. The summed E-state index contributed by atoms with van der Waals surface area (Å²) in [6.45, 7) is 1.43. The Labute approximate surface area is 166 Å². The first-order valence-electron chi connectivity index (χ1n) is 9.55. The Balaban J connectivity index is 1.71. The number of hydrogen-bond donors (Lipinski definition) is 1. The second kappa shape index (κ2) is 7.73. The van der Waals surface area contributed by atoms with E-state index in [1.54, 1.807) is 12.1 Å². The van der Waals surface area contributed by atoms with Gasteiger partial charge in [0, 0.05) is 24.2 Å². The minimum atomic E-state index is -4.43. The molecule has 2 aromatic carbocycles. The fourth-order valence-corrected chi connectivity index (χ4v) is 3.60. The lowest BCUT2D eigenvalue weighted by Gasteiger charge is -2.27. The Morgan fingerprint density at radius 1 is 0.966 bits per heavy atom. The predicted molar refractivity (Wildman–Crippen MR) is 106 cm³/mol. The van der Waals surface area contributed by atoms with Crippen molar-refractivity contribution >= 4 is 28.3 Å². The number of benzene rings is 2. The number of carbonyl (C=O) groups is 1. The number of nitrogens with zero attached hydrogens (tertiary/aromatic N) is 2. The lowest BCUT2D eigenvalue weighted by Crippen LogP contribution is -2.35. The van der Waals surface area contributed by atoms with Gasteiger partial charge in [0.15, 0.2) is 0 Å². The Morgan fingerprint density at radius 3 is 2.48 bits per heavy atom. The summed E-state index contributed by atoms with van der Waals surface area (Å²) in [7, 11) is 0. The Hall–Kier alpha value is -3.09. The monoisotopic (exact) mass is 399 g/mol. The molecule has 0 bridgehead atoms. The lowest BCUT2D eigenvalue weighted by atomic mass is 10.1. The number of piperidine rings is 1. The maximum absolute atomic E-state index is 13.1. The molecule has 1 aliphatic heterocycles. The molecule has 1 N–H and O–H groups in total. The second-order valence-electron chi connectivity index (χ2n) is 7.13. The van der Waals surface area contributed by atoms with E-state index in [0.29, 0.717) is 30.0 Å². The van der Waals surface area contributed by atoms with Gasteiger partial charge in [-0.15, -0.1) is 0 Å². The summed E-state index contributed by atoms with van der Waals surface area (Å²) in [6.07, 6.45) is -1.36. The number of hydrogen-bond acceptors (Lipinski definition) is 3. The van der Waals surface area contributed by atoms with Crippen molar-refractivity contribution < 1.29 is 18.0 Å². The smallest absolute Gasteiger partial charge is 0.340 e. The molecule has 1 amide bonds. The van der Waals surface area contributed by atoms with Crippen LogP contribution in [0.4, 0.5) is 24.7 Å². The largest absolute Gasteiger partial charge is 0.416 e. The molecule has 7 heteroatoms. The van der Waals surface area contributed by atoms with Gasteiger partial charge in [-0.3, -0.25) is 4.79 Å². The summed E-state index contributed by atoms with van der Waals surface area (Å²) < 4.78 is 39.0. The van der Waals surface area contributed by atoms with Crippen LogP contribution in [-0.2, 0) is 6.18 Å². The first-order chi connectivity index (χ1) is 13.9. The van der Waals surface area contributed by atoms with Crippen molar-refractivity contribution in [3.05, 3.63) is 65.7 Å². The highest BCUT2D eigenvalue weighted by Gasteiger charge is 2.30. The molecular formula is C22H20F3N3O. The molecule has 29 heavy (non-hydrogen) atoms. The Morgan fingerprint density at radius 2 is 1.72 bits per heavy atom. The van der Waals surface area contributed by atoms with E-state index in [1.165, 1.54) is 12.1 Å². The van der Waals surface area contributed by atoms with Crippen LogP contribution in [0.2, 0.25) is 0 Å². The molecule has 0 saturated carbocycles. The van der Waals surface area contributed by atoms with E-state index >= 15 is 0 Å². The molecule has 4 rings (SSSR count). The second-order valence-corrected chi connectivity index (χ2v) is 7.13. The fraction of sp³-hybridized carbons (Fsp3) is 0.273. The SMILES string of the molecule is O=C(c1cc(Nc2cccc(C(F)(F)F)c2)nc2ccccc12)N1CCCCC1. The quantitative estimate of drug-likeness (QED) is 0.621. The molecule has 0 atom stereocenters. The molecular weight excluding hydrogens is 379 g/mol. The van der Waals surface area contributed by atoms with Gasteiger partial charge in [-0.2, -0.15) is 13.2 Å². The van der Waals surface area contributed by atoms with E-state index in [-0.39, 0.29) is 11.6 Å².